The van der Waals surface area contributed by atoms with Crippen LogP contribution in [0.2, 0.25) is 0 Å². The molecular weight excluding hydrogens is 408 g/mol. The van der Waals surface area contributed by atoms with Crippen LogP contribution in [0.15, 0.2) is 66.3 Å². The molecular formula is C24H26N4O4. The number of hydrogen-bond donors (Lipinski definition) is 1. The van der Waals surface area contributed by atoms with Crippen LogP contribution in [0.1, 0.15) is 36.3 Å². The number of alkyl carbamates (subject to hydrolysis) is 1. The van der Waals surface area contributed by atoms with Crippen LogP contribution in [0.25, 0.3) is 21.6 Å². The summed E-state index contributed by atoms with van der Waals surface area (Å²) < 4.78 is 10.6. The molecule has 0 spiro atoms. The molecule has 0 saturated carbocycles. The lowest BCUT2D eigenvalue weighted by Crippen LogP contribution is -2.42. The lowest BCUT2D eigenvalue weighted by molar-refractivity contribution is -0.145. The van der Waals surface area contributed by atoms with Crippen molar-refractivity contribution in [2.24, 2.45) is 5.11 Å². The minimum absolute atomic E-state index is 0.0560. The van der Waals surface area contributed by atoms with Gasteiger partial charge in [0, 0.05) is 17.4 Å². The van der Waals surface area contributed by atoms with E-state index in [1.54, 1.807) is 0 Å². The number of fused-ring (bicyclic) bond motifs is 3. The summed E-state index contributed by atoms with van der Waals surface area (Å²) in [7, 11) is 0. The van der Waals surface area contributed by atoms with Crippen molar-refractivity contribution in [2.75, 3.05) is 19.8 Å². The Morgan fingerprint density at radius 1 is 1.09 bits per heavy atom. The lowest BCUT2D eigenvalue weighted by Gasteiger charge is -2.19. The van der Waals surface area contributed by atoms with E-state index in [4.69, 9.17) is 15.0 Å². The van der Waals surface area contributed by atoms with Crippen molar-refractivity contribution in [3.05, 3.63) is 82.8 Å². The highest BCUT2D eigenvalue weighted by molar-refractivity contribution is 5.82. The summed E-state index contributed by atoms with van der Waals surface area (Å²) in [6, 6.07) is 15.3. The fourth-order valence-electron chi connectivity index (χ4n) is 3.85. The van der Waals surface area contributed by atoms with Crippen LogP contribution >= 0.6 is 0 Å². The fraction of sp³-hybridized carbons (Fsp3) is 0.333. The summed E-state index contributed by atoms with van der Waals surface area (Å²) in [6.07, 6.45) is 2.31. The molecule has 1 N–H and O–H groups in total. The fourth-order valence-corrected chi connectivity index (χ4v) is 3.85. The van der Waals surface area contributed by atoms with Crippen molar-refractivity contribution in [3.63, 3.8) is 0 Å². The number of amides is 1. The number of nitrogens with one attached hydrogen (secondary N) is 1. The number of esters is 1. The minimum atomic E-state index is -0.850. The molecule has 2 aromatic carbocycles. The molecule has 1 aliphatic carbocycles. The van der Waals surface area contributed by atoms with Crippen LogP contribution in [0.5, 0.6) is 0 Å². The summed E-state index contributed by atoms with van der Waals surface area (Å²) in [5.74, 6) is -0.620. The molecule has 0 radical (unpaired) electrons. The highest BCUT2D eigenvalue weighted by atomic mass is 16.6. The normalized spacial score (nSPS) is 12.6. The second-order valence-corrected chi connectivity index (χ2v) is 7.39. The van der Waals surface area contributed by atoms with Crippen LogP contribution in [0.4, 0.5) is 4.79 Å². The first kappa shape index (κ1) is 22.9. The maximum atomic E-state index is 12.5. The first-order chi connectivity index (χ1) is 15.7. The molecule has 0 bridgehead atoms. The maximum absolute atomic E-state index is 12.5. The van der Waals surface area contributed by atoms with Crippen molar-refractivity contribution >= 4 is 12.1 Å². The van der Waals surface area contributed by atoms with Gasteiger partial charge in [0.05, 0.1) is 0 Å². The van der Waals surface area contributed by atoms with Gasteiger partial charge in [-0.2, -0.15) is 0 Å². The number of hydrogen-bond acceptors (Lipinski definition) is 5. The molecule has 1 atom stereocenters. The van der Waals surface area contributed by atoms with Crippen molar-refractivity contribution in [2.45, 2.75) is 31.2 Å². The first-order valence-corrected chi connectivity index (χ1v) is 10.6. The first-order valence-electron chi connectivity index (χ1n) is 10.6. The average molecular weight is 434 g/mol. The third-order valence-corrected chi connectivity index (χ3v) is 5.33. The Bertz CT molecular complexity index is 971. The summed E-state index contributed by atoms with van der Waals surface area (Å²) >= 11 is 0. The van der Waals surface area contributed by atoms with Gasteiger partial charge in [0.1, 0.15) is 19.3 Å². The molecule has 166 valence electrons. The Morgan fingerprint density at radius 2 is 1.75 bits per heavy atom. The van der Waals surface area contributed by atoms with E-state index in [0.717, 1.165) is 22.3 Å². The van der Waals surface area contributed by atoms with Crippen molar-refractivity contribution in [3.8, 4) is 11.1 Å². The Morgan fingerprint density at radius 3 is 2.38 bits per heavy atom. The van der Waals surface area contributed by atoms with Crippen molar-refractivity contribution < 1.29 is 19.1 Å². The predicted octanol–water partition coefficient (Wildman–Crippen LogP) is 5.10. The van der Waals surface area contributed by atoms with Gasteiger partial charge in [-0.05, 0) is 40.6 Å². The van der Waals surface area contributed by atoms with Crippen LogP contribution in [0.3, 0.4) is 0 Å². The number of azide groups is 1. The third-order valence-electron chi connectivity index (χ3n) is 5.33. The Labute approximate surface area is 186 Å². The molecule has 8 nitrogen and oxygen atoms in total. The number of ether oxygens (including phenoxy) is 2. The number of nitrogens with zero attached hydrogens (tertiary/aromatic N) is 3. The highest BCUT2D eigenvalue weighted by Gasteiger charge is 2.30. The van der Waals surface area contributed by atoms with Gasteiger partial charge in [-0.15, -0.1) is 0 Å². The van der Waals surface area contributed by atoms with Crippen LogP contribution < -0.4 is 5.32 Å². The van der Waals surface area contributed by atoms with E-state index < -0.39 is 18.1 Å². The Hall–Kier alpha value is -3.77. The number of unbranched alkanes of at least 4 members (excludes halogenated alkanes) is 1. The van der Waals surface area contributed by atoms with E-state index in [2.05, 4.69) is 34.1 Å². The van der Waals surface area contributed by atoms with Gasteiger partial charge >= 0.3 is 12.1 Å². The van der Waals surface area contributed by atoms with E-state index in [9.17, 15) is 9.59 Å². The molecule has 1 amide bonds. The van der Waals surface area contributed by atoms with Crippen molar-refractivity contribution in [1.29, 1.82) is 0 Å². The van der Waals surface area contributed by atoms with E-state index in [0.29, 0.717) is 25.8 Å². The van der Waals surface area contributed by atoms with E-state index in [1.807, 2.05) is 36.4 Å². The zero-order valence-electron chi connectivity index (χ0n) is 17.8. The van der Waals surface area contributed by atoms with Gasteiger partial charge in [-0.3, -0.25) is 0 Å². The molecule has 0 aromatic heterocycles. The van der Waals surface area contributed by atoms with Crippen LogP contribution in [-0.2, 0) is 14.3 Å². The second kappa shape index (κ2) is 11.6. The van der Waals surface area contributed by atoms with Gasteiger partial charge in [0.2, 0.25) is 0 Å². The SMILES string of the molecule is C=CCOC(=O)C(CCCCN=[N+]=[N-])NC(=O)OCC1c2ccccc2-c2ccccc21. The summed E-state index contributed by atoms with van der Waals surface area (Å²) in [6.45, 7) is 4.07. The monoisotopic (exact) mass is 434 g/mol. The maximum Gasteiger partial charge on any atom is 0.407 e. The van der Waals surface area contributed by atoms with Gasteiger partial charge in [-0.25, -0.2) is 9.59 Å². The molecule has 0 heterocycles. The topological polar surface area (TPSA) is 113 Å². The van der Waals surface area contributed by atoms with Gasteiger partial charge in [0.25, 0.3) is 0 Å². The smallest absolute Gasteiger partial charge is 0.407 e. The quantitative estimate of drug-likeness (QED) is 0.132. The van der Waals surface area contributed by atoms with Gasteiger partial charge < -0.3 is 14.8 Å². The average Bonchev–Trinajstić information content (AvgIpc) is 3.14. The zero-order valence-corrected chi connectivity index (χ0v) is 17.8. The van der Waals surface area contributed by atoms with Crippen LogP contribution in [0, 0.1) is 0 Å². The standard InChI is InChI=1S/C24H26N4O4/c1-2-15-31-23(29)22(13-7-8-14-26-28-25)27-24(30)32-16-21-19-11-5-3-9-17(19)18-10-4-6-12-20(18)21/h2-6,9-12,21-22H,1,7-8,13-16H2,(H,27,30). The van der Waals surface area contributed by atoms with E-state index in [1.165, 1.54) is 6.08 Å². The largest absolute Gasteiger partial charge is 0.460 e. The number of benzene rings is 2. The van der Waals surface area contributed by atoms with Crippen LogP contribution in [-0.4, -0.2) is 37.9 Å². The third kappa shape index (κ3) is 5.68. The summed E-state index contributed by atoms with van der Waals surface area (Å²) in [5.41, 5.74) is 12.9. The molecule has 32 heavy (non-hydrogen) atoms. The Kier molecular flexibility index (Phi) is 8.29. The number of carbonyl (C=O) groups is 2. The summed E-state index contributed by atoms with van der Waals surface area (Å²) in [4.78, 5) is 27.5. The molecule has 2 aromatic rings. The molecule has 0 saturated heterocycles. The van der Waals surface area contributed by atoms with Gasteiger partial charge in [0.15, 0.2) is 0 Å². The summed E-state index contributed by atoms with van der Waals surface area (Å²) in [5, 5.41) is 6.09. The minimum Gasteiger partial charge on any atom is -0.460 e. The molecule has 0 fully saturated rings. The predicted molar refractivity (Wildman–Crippen MR) is 121 cm³/mol. The second-order valence-electron chi connectivity index (χ2n) is 7.39. The Balaban J connectivity index is 1.61. The molecule has 8 heteroatoms. The zero-order chi connectivity index (χ0) is 22.8. The van der Waals surface area contributed by atoms with Gasteiger partial charge in [-0.1, -0.05) is 72.7 Å². The lowest BCUT2D eigenvalue weighted by atomic mass is 9.98. The number of carbonyl (C=O) groups excluding carboxylic acids is 2. The van der Waals surface area contributed by atoms with E-state index >= 15 is 0 Å². The molecule has 1 unspecified atom stereocenters. The molecule has 0 aliphatic heterocycles. The highest BCUT2D eigenvalue weighted by Crippen LogP contribution is 2.44. The van der Waals surface area contributed by atoms with E-state index in [-0.39, 0.29) is 19.1 Å². The van der Waals surface area contributed by atoms with Crippen molar-refractivity contribution in [1.82, 2.24) is 5.32 Å². The molecule has 1 aliphatic rings. The number of rotatable bonds is 11. The molecule has 3 rings (SSSR count).